The van der Waals surface area contributed by atoms with Gasteiger partial charge in [0.05, 0.1) is 19.5 Å². The number of methoxy groups -OCH3 is 1. The number of carbonyl (C=O) groups is 1. The Bertz CT molecular complexity index is 638. The van der Waals surface area contributed by atoms with Crippen molar-refractivity contribution in [3.63, 3.8) is 0 Å². The SMILES string of the molecule is COc1cccc(NC(=O)c2cnc(NC3CC3)cn2)c1. The van der Waals surface area contributed by atoms with E-state index in [1.165, 1.54) is 19.0 Å². The van der Waals surface area contributed by atoms with Crippen molar-refractivity contribution in [2.45, 2.75) is 18.9 Å². The summed E-state index contributed by atoms with van der Waals surface area (Å²) in [6.45, 7) is 0. The van der Waals surface area contributed by atoms with Crippen LogP contribution < -0.4 is 15.4 Å². The van der Waals surface area contributed by atoms with Gasteiger partial charge in [-0.2, -0.15) is 0 Å². The van der Waals surface area contributed by atoms with Crippen LogP contribution in [0.5, 0.6) is 5.75 Å². The lowest BCUT2D eigenvalue weighted by atomic mass is 10.3. The molecule has 0 aliphatic heterocycles. The van der Waals surface area contributed by atoms with Crippen molar-refractivity contribution in [1.29, 1.82) is 0 Å². The van der Waals surface area contributed by atoms with Crippen LogP contribution in [0, 0.1) is 0 Å². The number of nitrogens with one attached hydrogen (secondary N) is 2. The zero-order valence-electron chi connectivity index (χ0n) is 11.7. The van der Waals surface area contributed by atoms with E-state index in [2.05, 4.69) is 20.6 Å². The van der Waals surface area contributed by atoms with Crippen LogP contribution in [0.25, 0.3) is 0 Å². The van der Waals surface area contributed by atoms with Crippen molar-refractivity contribution in [3.8, 4) is 5.75 Å². The maximum atomic E-state index is 12.1. The molecule has 6 nitrogen and oxygen atoms in total. The highest BCUT2D eigenvalue weighted by Crippen LogP contribution is 2.23. The normalized spacial score (nSPS) is 13.6. The molecular formula is C15H16N4O2. The molecule has 108 valence electrons. The molecule has 1 amide bonds. The minimum atomic E-state index is -0.297. The molecule has 2 N–H and O–H groups in total. The van der Waals surface area contributed by atoms with Crippen LogP contribution in [-0.4, -0.2) is 29.0 Å². The van der Waals surface area contributed by atoms with Crippen molar-refractivity contribution >= 4 is 17.4 Å². The Morgan fingerprint density at radius 3 is 2.81 bits per heavy atom. The first kappa shape index (κ1) is 13.4. The predicted octanol–water partition coefficient (Wildman–Crippen LogP) is 2.31. The summed E-state index contributed by atoms with van der Waals surface area (Å²) < 4.78 is 5.11. The molecule has 0 atom stereocenters. The largest absolute Gasteiger partial charge is 0.497 e. The first-order valence-corrected chi connectivity index (χ1v) is 6.78. The van der Waals surface area contributed by atoms with Crippen LogP contribution >= 0.6 is 0 Å². The van der Waals surface area contributed by atoms with Gasteiger partial charge in [-0.05, 0) is 25.0 Å². The van der Waals surface area contributed by atoms with Gasteiger partial charge in [0.25, 0.3) is 5.91 Å². The van der Waals surface area contributed by atoms with E-state index in [1.807, 2.05) is 12.1 Å². The summed E-state index contributed by atoms with van der Waals surface area (Å²) in [7, 11) is 1.58. The van der Waals surface area contributed by atoms with Gasteiger partial charge in [0, 0.05) is 17.8 Å². The highest BCUT2D eigenvalue weighted by atomic mass is 16.5. The molecule has 6 heteroatoms. The molecule has 1 aromatic heterocycles. The molecule has 1 aliphatic carbocycles. The van der Waals surface area contributed by atoms with Crippen LogP contribution in [-0.2, 0) is 0 Å². The van der Waals surface area contributed by atoms with E-state index in [-0.39, 0.29) is 11.6 Å². The fraction of sp³-hybridized carbons (Fsp3) is 0.267. The van der Waals surface area contributed by atoms with E-state index in [0.717, 1.165) is 0 Å². The molecule has 2 aromatic rings. The first-order chi connectivity index (χ1) is 10.2. The zero-order chi connectivity index (χ0) is 14.7. The topological polar surface area (TPSA) is 76.1 Å². The van der Waals surface area contributed by atoms with Gasteiger partial charge < -0.3 is 15.4 Å². The Labute approximate surface area is 122 Å². The lowest BCUT2D eigenvalue weighted by Gasteiger charge is -2.07. The van der Waals surface area contributed by atoms with E-state index >= 15 is 0 Å². The highest BCUT2D eigenvalue weighted by molar-refractivity contribution is 6.02. The van der Waals surface area contributed by atoms with Gasteiger partial charge in [0.1, 0.15) is 17.3 Å². The van der Waals surface area contributed by atoms with Crippen molar-refractivity contribution < 1.29 is 9.53 Å². The molecule has 1 saturated carbocycles. The predicted molar refractivity (Wildman–Crippen MR) is 79.6 cm³/mol. The van der Waals surface area contributed by atoms with Crippen molar-refractivity contribution in [1.82, 2.24) is 9.97 Å². The lowest BCUT2D eigenvalue weighted by Crippen LogP contribution is -2.14. The van der Waals surface area contributed by atoms with Crippen molar-refractivity contribution in [3.05, 3.63) is 42.4 Å². The van der Waals surface area contributed by atoms with Gasteiger partial charge in [-0.1, -0.05) is 6.07 Å². The summed E-state index contributed by atoms with van der Waals surface area (Å²) >= 11 is 0. The van der Waals surface area contributed by atoms with Gasteiger partial charge in [-0.15, -0.1) is 0 Å². The van der Waals surface area contributed by atoms with Crippen LogP contribution in [0.1, 0.15) is 23.3 Å². The van der Waals surface area contributed by atoms with Gasteiger partial charge in [-0.3, -0.25) is 4.79 Å². The third-order valence-electron chi connectivity index (χ3n) is 3.14. The van der Waals surface area contributed by atoms with Gasteiger partial charge in [0.15, 0.2) is 0 Å². The number of nitrogens with zero attached hydrogens (tertiary/aromatic N) is 2. The third-order valence-corrected chi connectivity index (χ3v) is 3.14. The molecular weight excluding hydrogens is 268 g/mol. The van der Waals surface area contributed by atoms with Crippen LogP contribution in [0.15, 0.2) is 36.7 Å². The van der Waals surface area contributed by atoms with Crippen LogP contribution in [0.2, 0.25) is 0 Å². The number of carbonyl (C=O) groups excluding carboxylic acids is 1. The van der Waals surface area contributed by atoms with Crippen LogP contribution in [0.3, 0.4) is 0 Å². The number of ether oxygens (including phenoxy) is 1. The average Bonchev–Trinajstić information content (AvgIpc) is 3.32. The number of aromatic nitrogens is 2. The lowest BCUT2D eigenvalue weighted by molar-refractivity contribution is 0.102. The number of rotatable bonds is 5. The number of amides is 1. The quantitative estimate of drug-likeness (QED) is 0.881. The minimum Gasteiger partial charge on any atom is -0.497 e. The molecule has 3 rings (SSSR count). The summed E-state index contributed by atoms with van der Waals surface area (Å²) in [6.07, 6.45) is 5.39. The molecule has 1 aliphatic rings. The second-order valence-electron chi connectivity index (χ2n) is 4.89. The first-order valence-electron chi connectivity index (χ1n) is 6.78. The van der Waals surface area contributed by atoms with Crippen molar-refractivity contribution in [2.75, 3.05) is 17.7 Å². The second kappa shape index (κ2) is 5.78. The number of anilines is 2. The van der Waals surface area contributed by atoms with E-state index in [0.29, 0.717) is 23.3 Å². The average molecular weight is 284 g/mol. The molecule has 1 heterocycles. The fourth-order valence-corrected chi connectivity index (χ4v) is 1.85. The Kier molecular flexibility index (Phi) is 3.68. The van der Waals surface area contributed by atoms with Gasteiger partial charge >= 0.3 is 0 Å². The number of hydrogen-bond acceptors (Lipinski definition) is 5. The minimum absolute atomic E-state index is 0.277. The smallest absolute Gasteiger partial charge is 0.275 e. The molecule has 0 saturated heterocycles. The maximum Gasteiger partial charge on any atom is 0.275 e. The summed E-state index contributed by atoms with van der Waals surface area (Å²) in [4.78, 5) is 20.4. The molecule has 0 bridgehead atoms. The summed E-state index contributed by atoms with van der Waals surface area (Å²) in [5.41, 5.74) is 0.931. The summed E-state index contributed by atoms with van der Waals surface area (Å²) in [5, 5.41) is 5.99. The summed E-state index contributed by atoms with van der Waals surface area (Å²) in [5.74, 6) is 1.09. The molecule has 0 unspecified atom stereocenters. The zero-order valence-corrected chi connectivity index (χ0v) is 11.7. The molecule has 1 aromatic carbocycles. The Balaban J connectivity index is 1.66. The second-order valence-corrected chi connectivity index (χ2v) is 4.89. The molecule has 0 spiro atoms. The van der Waals surface area contributed by atoms with E-state index in [1.54, 1.807) is 25.4 Å². The van der Waals surface area contributed by atoms with Gasteiger partial charge in [0.2, 0.25) is 0 Å². The van der Waals surface area contributed by atoms with Crippen LogP contribution in [0.4, 0.5) is 11.5 Å². The number of benzene rings is 1. The monoisotopic (exact) mass is 284 g/mol. The van der Waals surface area contributed by atoms with E-state index in [9.17, 15) is 4.79 Å². The Morgan fingerprint density at radius 2 is 2.14 bits per heavy atom. The number of hydrogen-bond donors (Lipinski definition) is 2. The highest BCUT2D eigenvalue weighted by Gasteiger charge is 2.21. The molecule has 21 heavy (non-hydrogen) atoms. The third kappa shape index (κ3) is 3.47. The van der Waals surface area contributed by atoms with E-state index in [4.69, 9.17) is 4.74 Å². The van der Waals surface area contributed by atoms with Crippen molar-refractivity contribution in [2.24, 2.45) is 0 Å². The van der Waals surface area contributed by atoms with E-state index < -0.39 is 0 Å². The Hall–Kier alpha value is -2.63. The molecule has 1 fully saturated rings. The fourth-order valence-electron chi connectivity index (χ4n) is 1.85. The summed E-state index contributed by atoms with van der Waals surface area (Å²) in [6, 6.07) is 7.66. The Morgan fingerprint density at radius 1 is 1.29 bits per heavy atom. The van der Waals surface area contributed by atoms with Gasteiger partial charge in [-0.25, -0.2) is 9.97 Å². The standard InChI is InChI=1S/C15H16N4O2/c1-21-12-4-2-3-11(7-12)19-15(20)13-8-17-14(9-16-13)18-10-5-6-10/h2-4,7-10H,5-6H2,1H3,(H,17,18)(H,19,20). The maximum absolute atomic E-state index is 12.1. The molecule has 0 radical (unpaired) electrons.